The second kappa shape index (κ2) is 5.04. The topological polar surface area (TPSA) is 84.0 Å². The van der Waals surface area contributed by atoms with Crippen LogP contribution in [0.25, 0.3) is 0 Å². The van der Waals surface area contributed by atoms with Crippen molar-refractivity contribution in [3.63, 3.8) is 0 Å². The van der Waals surface area contributed by atoms with Gasteiger partial charge in [0.1, 0.15) is 5.82 Å². The Morgan fingerprint density at radius 1 is 1.33 bits per heavy atom. The molecule has 1 aromatic rings. The minimum atomic E-state index is -3.16. The molecule has 1 rings (SSSR count). The predicted molar refractivity (Wildman–Crippen MR) is 58.1 cm³/mol. The molecule has 0 bridgehead atoms. The third-order valence-corrected chi connectivity index (χ3v) is 3.15. The summed E-state index contributed by atoms with van der Waals surface area (Å²) in [5.41, 5.74) is 0.823. The number of hydrogen-bond donors (Lipinski definition) is 2. The number of aromatic nitrogens is 2. The highest BCUT2D eigenvalue weighted by atomic mass is 32.2. The third-order valence-electron chi connectivity index (χ3n) is 1.79. The Morgan fingerprint density at radius 2 is 2.07 bits per heavy atom. The molecule has 0 atom stereocenters. The minimum Gasteiger partial charge on any atom is -0.368 e. The van der Waals surface area contributed by atoms with Gasteiger partial charge in [0.25, 0.3) is 0 Å². The van der Waals surface area contributed by atoms with Crippen LogP contribution in [0.3, 0.4) is 0 Å². The fraction of sp³-hybridized carbons (Fsp3) is 0.500. The maximum absolute atomic E-state index is 11.1. The van der Waals surface area contributed by atoms with Crippen molar-refractivity contribution in [3.8, 4) is 0 Å². The first-order valence-electron chi connectivity index (χ1n) is 4.49. The van der Waals surface area contributed by atoms with Gasteiger partial charge in [-0.05, 0) is 26.1 Å². The lowest BCUT2D eigenvalue weighted by Crippen LogP contribution is -2.26. The van der Waals surface area contributed by atoms with Gasteiger partial charge in [0.15, 0.2) is 0 Å². The summed E-state index contributed by atoms with van der Waals surface area (Å²) >= 11 is 0. The second-order valence-electron chi connectivity index (χ2n) is 3.01. The van der Waals surface area contributed by atoms with Crippen LogP contribution in [0.4, 0.5) is 5.82 Å². The third kappa shape index (κ3) is 4.22. The van der Waals surface area contributed by atoms with Crippen LogP contribution in [0, 0.1) is 6.92 Å². The van der Waals surface area contributed by atoms with E-state index in [9.17, 15) is 8.42 Å². The molecule has 0 aliphatic carbocycles. The van der Waals surface area contributed by atoms with Crippen LogP contribution in [0.1, 0.15) is 5.69 Å². The molecule has 84 valence electrons. The van der Waals surface area contributed by atoms with E-state index >= 15 is 0 Å². The highest BCUT2D eigenvalue weighted by Gasteiger charge is 2.05. The van der Waals surface area contributed by atoms with Crippen molar-refractivity contribution in [2.75, 3.05) is 24.7 Å². The van der Waals surface area contributed by atoms with Crippen molar-refractivity contribution >= 4 is 15.8 Å². The summed E-state index contributed by atoms with van der Waals surface area (Å²) in [7, 11) is -1.77. The number of nitrogens with one attached hydrogen (secondary N) is 2. The zero-order valence-electron chi connectivity index (χ0n) is 8.69. The number of sulfonamides is 1. The standard InChI is InChI=1S/C8H14N4O2S/c1-7-3-4-8(12-11-7)10-5-6-15(13,14)9-2/h3-4,9H,5-6H2,1-2H3,(H,10,12). The molecule has 15 heavy (non-hydrogen) atoms. The Labute approximate surface area is 89.2 Å². The number of aryl methyl sites for hydroxylation is 1. The molecule has 0 aliphatic rings. The van der Waals surface area contributed by atoms with E-state index in [2.05, 4.69) is 20.2 Å². The molecule has 0 aromatic carbocycles. The average Bonchev–Trinajstić information content (AvgIpc) is 2.21. The molecular formula is C8H14N4O2S. The second-order valence-corrected chi connectivity index (χ2v) is 5.06. The maximum Gasteiger partial charge on any atom is 0.213 e. The highest BCUT2D eigenvalue weighted by Crippen LogP contribution is 2.00. The fourth-order valence-electron chi connectivity index (χ4n) is 0.909. The van der Waals surface area contributed by atoms with Crippen molar-refractivity contribution in [3.05, 3.63) is 17.8 Å². The van der Waals surface area contributed by atoms with E-state index in [1.165, 1.54) is 7.05 Å². The first-order chi connectivity index (χ1) is 7.03. The fourth-order valence-corrected chi connectivity index (χ4v) is 1.48. The van der Waals surface area contributed by atoms with Crippen molar-refractivity contribution in [2.24, 2.45) is 0 Å². The molecule has 0 spiro atoms. The number of hydrogen-bond acceptors (Lipinski definition) is 5. The molecule has 7 heteroatoms. The van der Waals surface area contributed by atoms with E-state index in [1.807, 2.05) is 13.0 Å². The molecular weight excluding hydrogens is 216 g/mol. The van der Waals surface area contributed by atoms with Crippen LogP contribution in [0.2, 0.25) is 0 Å². The molecule has 0 saturated carbocycles. The van der Waals surface area contributed by atoms with Gasteiger partial charge in [-0.1, -0.05) is 0 Å². The molecule has 0 saturated heterocycles. The van der Waals surface area contributed by atoms with Crippen LogP contribution in [-0.4, -0.2) is 38.0 Å². The van der Waals surface area contributed by atoms with Gasteiger partial charge < -0.3 is 5.32 Å². The predicted octanol–water partition coefficient (Wildman–Crippen LogP) is -0.254. The number of nitrogens with zero attached hydrogens (tertiary/aromatic N) is 2. The summed E-state index contributed by atoms with van der Waals surface area (Å²) in [5.74, 6) is 0.589. The van der Waals surface area contributed by atoms with E-state index < -0.39 is 10.0 Å². The van der Waals surface area contributed by atoms with Crippen LogP contribution < -0.4 is 10.0 Å². The Kier molecular flexibility index (Phi) is 3.98. The van der Waals surface area contributed by atoms with Crippen molar-refractivity contribution in [1.82, 2.24) is 14.9 Å². The maximum atomic E-state index is 11.1. The number of anilines is 1. The van der Waals surface area contributed by atoms with Gasteiger partial charge in [-0.2, -0.15) is 5.10 Å². The van der Waals surface area contributed by atoms with Crippen molar-refractivity contribution in [2.45, 2.75) is 6.92 Å². The van der Waals surface area contributed by atoms with E-state index in [4.69, 9.17) is 0 Å². The summed E-state index contributed by atoms with van der Waals surface area (Å²) in [6, 6.07) is 3.57. The lowest BCUT2D eigenvalue weighted by molar-refractivity contribution is 0.588. The van der Waals surface area contributed by atoms with Gasteiger partial charge in [-0.25, -0.2) is 13.1 Å². The van der Waals surface area contributed by atoms with E-state index in [-0.39, 0.29) is 5.75 Å². The summed E-state index contributed by atoms with van der Waals surface area (Å²) in [6.07, 6.45) is 0. The van der Waals surface area contributed by atoms with Gasteiger partial charge in [0, 0.05) is 6.54 Å². The first-order valence-corrected chi connectivity index (χ1v) is 6.14. The zero-order valence-corrected chi connectivity index (χ0v) is 9.50. The van der Waals surface area contributed by atoms with E-state index in [0.29, 0.717) is 12.4 Å². The summed E-state index contributed by atoms with van der Waals surface area (Å²) < 4.78 is 24.3. The van der Waals surface area contributed by atoms with Crippen LogP contribution in [0.5, 0.6) is 0 Å². The van der Waals surface area contributed by atoms with Crippen LogP contribution in [-0.2, 0) is 10.0 Å². The molecule has 0 radical (unpaired) electrons. The monoisotopic (exact) mass is 230 g/mol. The SMILES string of the molecule is CNS(=O)(=O)CCNc1ccc(C)nn1. The van der Waals surface area contributed by atoms with Gasteiger partial charge in [-0.15, -0.1) is 5.10 Å². The first kappa shape index (κ1) is 11.9. The lowest BCUT2D eigenvalue weighted by atomic mass is 10.4. The van der Waals surface area contributed by atoms with Crippen molar-refractivity contribution < 1.29 is 8.42 Å². The molecule has 0 unspecified atom stereocenters. The normalized spacial score (nSPS) is 11.3. The molecule has 0 aliphatic heterocycles. The smallest absolute Gasteiger partial charge is 0.213 e. The van der Waals surface area contributed by atoms with E-state index in [1.54, 1.807) is 6.07 Å². The molecule has 1 aromatic heterocycles. The van der Waals surface area contributed by atoms with Crippen molar-refractivity contribution in [1.29, 1.82) is 0 Å². The largest absolute Gasteiger partial charge is 0.368 e. The molecule has 0 amide bonds. The lowest BCUT2D eigenvalue weighted by Gasteiger charge is -2.04. The summed E-state index contributed by atoms with van der Waals surface area (Å²) in [5, 5.41) is 10.6. The minimum absolute atomic E-state index is 0.0130. The Bertz CT molecular complexity index is 401. The zero-order chi connectivity index (χ0) is 11.3. The quantitative estimate of drug-likeness (QED) is 0.728. The molecule has 0 fully saturated rings. The van der Waals surface area contributed by atoms with Crippen LogP contribution >= 0.6 is 0 Å². The molecule has 1 heterocycles. The Hall–Kier alpha value is -1.21. The number of rotatable bonds is 5. The summed E-state index contributed by atoms with van der Waals surface area (Å²) in [6.45, 7) is 2.14. The highest BCUT2D eigenvalue weighted by molar-refractivity contribution is 7.89. The van der Waals surface area contributed by atoms with Crippen LogP contribution in [0.15, 0.2) is 12.1 Å². The Morgan fingerprint density at radius 3 is 2.60 bits per heavy atom. The van der Waals surface area contributed by atoms with Gasteiger partial charge in [0.2, 0.25) is 10.0 Å². The summed E-state index contributed by atoms with van der Waals surface area (Å²) in [4.78, 5) is 0. The van der Waals surface area contributed by atoms with Gasteiger partial charge in [0.05, 0.1) is 11.4 Å². The van der Waals surface area contributed by atoms with Gasteiger partial charge >= 0.3 is 0 Å². The molecule has 6 nitrogen and oxygen atoms in total. The molecule has 2 N–H and O–H groups in total. The van der Waals surface area contributed by atoms with Gasteiger partial charge in [-0.3, -0.25) is 0 Å². The average molecular weight is 230 g/mol. The Balaban J connectivity index is 2.42. The van der Waals surface area contributed by atoms with E-state index in [0.717, 1.165) is 5.69 Å².